The highest BCUT2D eigenvalue weighted by atomic mass is 79.9. The average molecular weight is 295 g/mol. The summed E-state index contributed by atoms with van der Waals surface area (Å²) in [6.45, 7) is 2.02. The van der Waals surface area contributed by atoms with Crippen LogP contribution in [0.5, 0.6) is 0 Å². The molecule has 1 heterocycles. The van der Waals surface area contributed by atoms with Gasteiger partial charge in [-0.2, -0.15) is 0 Å². The van der Waals surface area contributed by atoms with E-state index in [4.69, 9.17) is 10.5 Å². The molecule has 4 heteroatoms. The monoisotopic (exact) mass is 294 g/mol. The quantitative estimate of drug-likeness (QED) is 0.863. The summed E-state index contributed by atoms with van der Waals surface area (Å²) in [4.78, 5) is 4.14. The van der Waals surface area contributed by atoms with Crippen LogP contribution in [0.15, 0.2) is 35.1 Å². The molecule has 2 rings (SSSR count). The Hall–Kier alpha value is -0.970. The number of benzene rings is 1. The maximum atomic E-state index is 5.54. The summed E-state index contributed by atoms with van der Waals surface area (Å²) in [6, 6.07) is 6.26. The first-order valence-electron chi connectivity index (χ1n) is 5.61. The van der Waals surface area contributed by atoms with Crippen LogP contribution in [0, 0.1) is 0 Å². The van der Waals surface area contributed by atoms with Gasteiger partial charge in [0.1, 0.15) is 0 Å². The van der Waals surface area contributed by atoms with Gasteiger partial charge in [-0.05, 0) is 45.9 Å². The lowest BCUT2D eigenvalue weighted by Gasteiger charge is -2.06. The number of ether oxygens (including phenoxy) is 1. The van der Waals surface area contributed by atoms with E-state index in [1.165, 1.54) is 10.9 Å². The van der Waals surface area contributed by atoms with Crippen LogP contribution in [0.3, 0.4) is 0 Å². The van der Waals surface area contributed by atoms with E-state index in [2.05, 4.69) is 39.1 Å². The van der Waals surface area contributed by atoms with Crippen molar-refractivity contribution in [3.05, 3.63) is 40.6 Å². The zero-order chi connectivity index (χ0) is 12.1. The Morgan fingerprint density at radius 2 is 2.18 bits per heavy atom. The van der Waals surface area contributed by atoms with Crippen LogP contribution in [0.2, 0.25) is 0 Å². The van der Waals surface area contributed by atoms with Crippen molar-refractivity contribution in [2.24, 2.45) is 5.73 Å². The third-order valence-electron chi connectivity index (χ3n) is 2.54. The third-order valence-corrected chi connectivity index (χ3v) is 3.17. The summed E-state index contributed by atoms with van der Waals surface area (Å²) in [7, 11) is 0. The standard InChI is InChI=1S/C13H15BrN2O/c14-13-8-16-7-11-3-2-10(6-12(11)13)9-17-5-1-4-15/h2-3,6-8H,1,4-5,9,15H2. The summed E-state index contributed by atoms with van der Waals surface area (Å²) >= 11 is 3.50. The topological polar surface area (TPSA) is 48.1 Å². The number of aromatic nitrogens is 1. The fraction of sp³-hybridized carbons (Fsp3) is 0.308. The Bertz CT molecular complexity index is 502. The molecule has 0 aliphatic rings. The first-order chi connectivity index (χ1) is 8.31. The summed E-state index contributed by atoms with van der Waals surface area (Å²) in [6.07, 6.45) is 4.57. The molecule has 0 saturated carbocycles. The maximum Gasteiger partial charge on any atom is 0.0717 e. The van der Waals surface area contributed by atoms with Gasteiger partial charge >= 0.3 is 0 Å². The molecule has 2 N–H and O–H groups in total. The molecule has 1 aromatic heterocycles. The molecule has 0 atom stereocenters. The van der Waals surface area contributed by atoms with Gasteiger partial charge in [-0.1, -0.05) is 12.1 Å². The molecule has 0 unspecified atom stereocenters. The Morgan fingerprint density at radius 1 is 1.29 bits per heavy atom. The Labute approximate surface area is 109 Å². The Morgan fingerprint density at radius 3 is 3.00 bits per heavy atom. The molecule has 0 aliphatic carbocycles. The van der Waals surface area contributed by atoms with Crippen molar-refractivity contribution in [3.8, 4) is 0 Å². The van der Waals surface area contributed by atoms with E-state index in [0.717, 1.165) is 16.3 Å². The minimum Gasteiger partial charge on any atom is -0.377 e. The van der Waals surface area contributed by atoms with E-state index >= 15 is 0 Å². The Kier molecular flexibility index (Phi) is 4.48. The highest BCUT2D eigenvalue weighted by molar-refractivity contribution is 9.10. The summed E-state index contributed by atoms with van der Waals surface area (Å²) < 4.78 is 6.55. The average Bonchev–Trinajstić information content (AvgIpc) is 2.36. The van der Waals surface area contributed by atoms with Crippen LogP contribution < -0.4 is 5.73 Å². The number of nitrogens with zero attached hydrogens (tertiary/aromatic N) is 1. The number of halogens is 1. The van der Waals surface area contributed by atoms with Crippen LogP contribution in [0.1, 0.15) is 12.0 Å². The van der Waals surface area contributed by atoms with Gasteiger partial charge in [0.2, 0.25) is 0 Å². The molecule has 0 bridgehead atoms. The lowest BCUT2D eigenvalue weighted by atomic mass is 10.1. The van der Waals surface area contributed by atoms with Gasteiger partial charge in [-0.3, -0.25) is 4.98 Å². The minimum absolute atomic E-state index is 0.630. The highest BCUT2D eigenvalue weighted by Gasteiger charge is 2.00. The number of pyridine rings is 1. The second kappa shape index (κ2) is 6.10. The van der Waals surface area contributed by atoms with E-state index < -0.39 is 0 Å². The molecule has 0 fully saturated rings. The van der Waals surface area contributed by atoms with Crippen LogP contribution in [0.4, 0.5) is 0 Å². The largest absolute Gasteiger partial charge is 0.377 e. The molecule has 0 amide bonds. The van der Waals surface area contributed by atoms with E-state index in [0.29, 0.717) is 19.8 Å². The van der Waals surface area contributed by atoms with Crippen molar-refractivity contribution >= 4 is 26.7 Å². The van der Waals surface area contributed by atoms with Crippen molar-refractivity contribution in [3.63, 3.8) is 0 Å². The molecule has 0 radical (unpaired) electrons. The number of nitrogens with two attached hydrogens (primary N) is 1. The molecule has 3 nitrogen and oxygen atoms in total. The number of hydrogen-bond donors (Lipinski definition) is 1. The van der Waals surface area contributed by atoms with Gasteiger partial charge in [-0.15, -0.1) is 0 Å². The highest BCUT2D eigenvalue weighted by Crippen LogP contribution is 2.23. The van der Waals surface area contributed by atoms with Crippen LogP contribution in [-0.2, 0) is 11.3 Å². The molecular formula is C13H15BrN2O. The van der Waals surface area contributed by atoms with Gasteiger partial charge < -0.3 is 10.5 Å². The lowest BCUT2D eigenvalue weighted by Crippen LogP contribution is -2.04. The molecule has 90 valence electrons. The zero-order valence-corrected chi connectivity index (χ0v) is 11.1. The molecular weight excluding hydrogens is 280 g/mol. The molecule has 1 aromatic carbocycles. The minimum atomic E-state index is 0.630. The number of hydrogen-bond acceptors (Lipinski definition) is 3. The van der Waals surface area contributed by atoms with Crippen molar-refractivity contribution in [1.29, 1.82) is 0 Å². The fourth-order valence-corrected chi connectivity index (χ4v) is 2.10. The molecule has 2 aromatic rings. The normalized spacial score (nSPS) is 10.9. The second-order valence-electron chi connectivity index (χ2n) is 3.87. The number of fused-ring (bicyclic) bond motifs is 1. The van der Waals surface area contributed by atoms with Crippen LogP contribution in [0.25, 0.3) is 10.8 Å². The van der Waals surface area contributed by atoms with E-state index in [9.17, 15) is 0 Å². The van der Waals surface area contributed by atoms with Crippen molar-refractivity contribution in [1.82, 2.24) is 4.98 Å². The zero-order valence-electron chi connectivity index (χ0n) is 9.53. The SMILES string of the molecule is NCCCOCc1ccc2cncc(Br)c2c1. The second-order valence-corrected chi connectivity index (χ2v) is 4.73. The van der Waals surface area contributed by atoms with E-state index in [1.54, 1.807) is 6.20 Å². The molecule has 0 spiro atoms. The van der Waals surface area contributed by atoms with Crippen molar-refractivity contribution in [2.75, 3.05) is 13.2 Å². The van der Waals surface area contributed by atoms with Gasteiger partial charge in [0.15, 0.2) is 0 Å². The summed E-state index contributed by atoms with van der Waals surface area (Å²) in [5.41, 5.74) is 6.58. The third kappa shape index (κ3) is 3.25. The smallest absolute Gasteiger partial charge is 0.0717 e. The first kappa shape index (κ1) is 12.5. The number of rotatable bonds is 5. The summed E-state index contributed by atoms with van der Waals surface area (Å²) in [5.74, 6) is 0. The molecule has 0 saturated heterocycles. The van der Waals surface area contributed by atoms with Gasteiger partial charge in [0.05, 0.1) is 6.61 Å². The maximum absolute atomic E-state index is 5.54. The molecule has 0 aliphatic heterocycles. The van der Waals surface area contributed by atoms with Crippen LogP contribution >= 0.6 is 15.9 Å². The van der Waals surface area contributed by atoms with E-state index in [-0.39, 0.29) is 0 Å². The van der Waals surface area contributed by atoms with Crippen molar-refractivity contribution in [2.45, 2.75) is 13.0 Å². The fourth-order valence-electron chi connectivity index (χ4n) is 1.64. The van der Waals surface area contributed by atoms with E-state index in [1.807, 2.05) is 6.20 Å². The predicted octanol–water partition coefficient (Wildman–Crippen LogP) is 2.86. The van der Waals surface area contributed by atoms with Gasteiger partial charge in [0, 0.05) is 28.9 Å². The predicted molar refractivity (Wildman–Crippen MR) is 72.8 cm³/mol. The first-order valence-corrected chi connectivity index (χ1v) is 6.40. The van der Waals surface area contributed by atoms with Crippen molar-refractivity contribution < 1.29 is 4.74 Å². The Balaban J connectivity index is 2.11. The van der Waals surface area contributed by atoms with Gasteiger partial charge in [0.25, 0.3) is 0 Å². The summed E-state index contributed by atoms with van der Waals surface area (Å²) in [5, 5.41) is 2.30. The molecule has 17 heavy (non-hydrogen) atoms. The lowest BCUT2D eigenvalue weighted by molar-refractivity contribution is 0.120. The van der Waals surface area contributed by atoms with Gasteiger partial charge in [-0.25, -0.2) is 0 Å². The van der Waals surface area contributed by atoms with Crippen LogP contribution in [-0.4, -0.2) is 18.1 Å².